The van der Waals surface area contributed by atoms with E-state index in [0.717, 1.165) is 0 Å². The molecule has 1 aromatic carbocycles. The van der Waals surface area contributed by atoms with Gasteiger partial charge in [-0.15, -0.1) is 11.3 Å². The first-order valence-electron chi connectivity index (χ1n) is 8.97. The predicted molar refractivity (Wildman–Crippen MR) is 110 cm³/mol. The van der Waals surface area contributed by atoms with Crippen LogP contribution in [0.4, 0.5) is 5.13 Å². The number of fused-ring (bicyclic) bond motifs is 1. The number of aromatic nitrogens is 2. The third kappa shape index (κ3) is 3.42. The van der Waals surface area contributed by atoms with Gasteiger partial charge in [-0.25, -0.2) is 4.98 Å². The summed E-state index contributed by atoms with van der Waals surface area (Å²) in [6.45, 7) is 5.39. The summed E-state index contributed by atoms with van der Waals surface area (Å²) in [5.74, 6) is -1.13. The normalized spacial score (nSPS) is 13.6. The van der Waals surface area contributed by atoms with Crippen LogP contribution in [0.5, 0.6) is 0 Å². The predicted octanol–water partition coefficient (Wildman–Crippen LogP) is 3.85. The lowest BCUT2D eigenvalue weighted by atomic mass is 10.1. The smallest absolute Gasteiger partial charge is 0.262 e. The summed E-state index contributed by atoms with van der Waals surface area (Å²) in [6, 6.07) is 10.0. The number of amides is 3. The Morgan fingerprint density at radius 3 is 2.48 bits per heavy atom. The zero-order chi connectivity index (χ0) is 20.8. The molecule has 0 radical (unpaired) electrons. The molecular weight excluding hydrogens is 388 g/mol. The summed E-state index contributed by atoms with van der Waals surface area (Å²) in [7, 11) is 0. The van der Waals surface area contributed by atoms with Gasteiger partial charge in [0.2, 0.25) is 0 Å². The Morgan fingerprint density at radius 2 is 1.79 bits per heavy atom. The van der Waals surface area contributed by atoms with Crippen LogP contribution < -0.4 is 5.32 Å². The van der Waals surface area contributed by atoms with Gasteiger partial charge >= 0.3 is 0 Å². The van der Waals surface area contributed by atoms with Gasteiger partial charge in [-0.05, 0) is 51.1 Å². The number of thiazole rings is 1. The van der Waals surface area contributed by atoms with Crippen molar-refractivity contribution in [1.82, 2.24) is 14.9 Å². The van der Waals surface area contributed by atoms with E-state index in [0.29, 0.717) is 22.1 Å². The highest BCUT2D eigenvalue weighted by molar-refractivity contribution is 7.14. The number of rotatable bonds is 3. The molecule has 0 aliphatic carbocycles. The lowest BCUT2D eigenvalue weighted by Crippen LogP contribution is -2.45. The minimum atomic E-state index is -0.641. The molecule has 0 bridgehead atoms. The number of carbonyl (C=O) groups is 3. The second-order valence-electron chi connectivity index (χ2n) is 7.58. The highest BCUT2D eigenvalue weighted by Gasteiger charge is 2.42. The summed E-state index contributed by atoms with van der Waals surface area (Å²) >= 11 is 1.29. The zero-order valence-corrected chi connectivity index (χ0v) is 16.9. The highest BCUT2D eigenvalue weighted by Crippen LogP contribution is 2.30. The number of nitrogens with one attached hydrogen (secondary N) is 1. The van der Waals surface area contributed by atoms with Gasteiger partial charge in [0.1, 0.15) is 5.69 Å². The molecule has 2 aromatic heterocycles. The second-order valence-corrected chi connectivity index (χ2v) is 8.44. The van der Waals surface area contributed by atoms with Crippen LogP contribution in [0, 0.1) is 0 Å². The SMILES string of the molecule is CC(C)(C)N1C(=O)c2ccc(C(=O)Nc3nc(-c4ccccn4)cs3)cc2C1=O. The fraction of sp³-hybridized carbons (Fsp3) is 0.190. The van der Waals surface area contributed by atoms with Crippen molar-refractivity contribution in [3.63, 3.8) is 0 Å². The Labute approximate surface area is 171 Å². The molecule has 146 valence electrons. The van der Waals surface area contributed by atoms with Crippen molar-refractivity contribution in [2.24, 2.45) is 0 Å². The fourth-order valence-electron chi connectivity index (χ4n) is 3.12. The quantitative estimate of drug-likeness (QED) is 0.667. The van der Waals surface area contributed by atoms with E-state index >= 15 is 0 Å². The average Bonchev–Trinajstić information content (AvgIpc) is 3.25. The molecule has 3 amide bonds. The van der Waals surface area contributed by atoms with Crippen molar-refractivity contribution in [1.29, 1.82) is 0 Å². The maximum Gasteiger partial charge on any atom is 0.262 e. The van der Waals surface area contributed by atoms with Crippen LogP contribution in [-0.4, -0.2) is 38.1 Å². The van der Waals surface area contributed by atoms with Crippen LogP contribution >= 0.6 is 11.3 Å². The summed E-state index contributed by atoms with van der Waals surface area (Å²) < 4.78 is 0. The summed E-state index contributed by atoms with van der Waals surface area (Å²) in [5, 5.41) is 4.97. The van der Waals surface area contributed by atoms with E-state index < -0.39 is 11.4 Å². The van der Waals surface area contributed by atoms with Crippen molar-refractivity contribution in [3.8, 4) is 11.4 Å². The van der Waals surface area contributed by atoms with E-state index in [1.54, 1.807) is 33.0 Å². The summed E-state index contributed by atoms with van der Waals surface area (Å²) in [4.78, 5) is 47.8. The number of imide groups is 1. The van der Waals surface area contributed by atoms with Crippen molar-refractivity contribution in [2.75, 3.05) is 5.32 Å². The van der Waals surface area contributed by atoms with Gasteiger partial charge in [-0.3, -0.25) is 29.6 Å². The number of carbonyl (C=O) groups excluding carboxylic acids is 3. The van der Waals surface area contributed by atoms with Crippen molar-refractivity contribution in [2.45, 2.75) is 26.3 Å². The molecule has 0 saturated heterocycles. The van der Waals surface area contributed by atoms with E-state index in [1.807, 2.05) is 23.6 Å². The van der Waals surface area contributed by atoms with E-state index in [2.05, 4.69) is 15.3 Å². The van der Waals surface area contributed by atoms with Gasteiger partial charge in [0.15, 0.2) is 5.13 Å². The van der Waals surface area contributed by atoms with Crippen LogP contribution in [0.25, 0.3) is 11.4 Å². The van der Waals surface area contributed by atoms with Gasteiger partial charge in [0, 0.05) is 22.7 Å². The number of pyridine rings is 1. The summed E-state index contributed by atoms with van der Waals surface area (Å²) in [6.07, 6.45) is 1.68. The van der Waals surface area contributed by atoms with Crippen LogP contribution in [0.1, 0.15) is 51.8 Å². The van der Waals surface area contributed by atoms with Crippen LogP contribution in [-0.2, 0) is 0 Å². The van der Waals surface area contributed by atoms with Gasteiger partial charge in [0.05, 0.1) is 16.8 Å². The average molecular weight is 406 g/mol. The Morgan fingerprint density at radius 1 is 1.03 bits per heavy atom. The molecule has 29 heavy (non-hydrogen) atoms. The molecule has 8 heteroatoms. The molecule has 4 rings (SSSR count). The Balaban J connectivity index is 1.56. The number of benzene rings is 1. The number of nitrogens with zero attached hydrogens (tertiary/aromatic N) is 3. The Bertz CT molecular complexity index is 1130. The van der Waals surface area contributed by atoms with Crippen LogP contribution in [0.2, 0.25) is 0 Å². The van der Waals surface area contributed by atoms with Gasteiger partial charge in [-0.2, -0.15) is 0 Å². The molecule has 0 fully saturated rings. The van der Waals surface area contributed by atoms with Crippen molar-refractivity contribution < 1.29 is 14.4 Å². The van der Waals surface area contributed by atoms with Gasteiger partial charge in [-0.1, -0.05) is 6.07 Å². The van der Waals surface area contributed by atoms with E-state index in [4.69, 9.17) is 0 Å². The van der Waals surface area contributed by atoms with Crippen molar-refractivity contribution in [3.05, 3.63) is 64.7 Å². The van der Waals surface area contributed by atoms with Gasteiger partial charge in [0.25, 0.3) is 17.7 Å². The lowest BCUT2D eigenvalue weighted by Gasteiger charge is -2.29. The Kier molecular flexibility index (Phi) is 4.50. The minimum Gasteiger partial charge on any atom is -0.298 e. The first-order chi connectivity index (χ1) is 13.8. The number of hydrogen-bond acceptors (Lipinski definition) is 6. The zero-order valence-electron chi connectivity index (χ0n) is 16.1. The van der Waals surface area contributed by atoms with E-state index in [9.17, 15) is 14.4 Å². The molecule has 0 saturated carbocycles. The first kappa shape index (κ1) is 18.9. The number of anilines is 1. The molecule has 0 atom stereocenters. The minimum absolute atomic E-state index is 0.242. The van der Waals surface area contributed by atoms with E-state index in [1.165, 1.54) is 28.4 Å². The lowest BCUT2D eigenvalue weighted by molar-refractivity contribution is 0.0507. The first-order valence-corrected chi connectivity index (χ1v) is 9.85. The third-order valence-electron chi connectivity index (χ3n) is 4.47. The Hall–Kier alpha value is -3.39. The maximum absolute atomic E-state index is 12.7. The standard InChI is InChI=1S/C21H18N4O3S/c1-21(2,3)25-18(27)13-8-7-12(10-14(13)19(25)28)17(26)24-20-23-16(11-29-20)15-6-4-5-9-22-15/h4-11H,1-3H3,(H,23,24,26). The molecule has 1 aliphatic heterocycles. The van der Waals surface area contributed by atoms with E-state index in [-0.39, 0.29) is 22.9 Å². The molecule has 0 unspecified atom stereocenters. The monoisotopic (exact) mass is 406 g/mol. The molecule has 3 heterocycles. The summed E-state index contributed by atoms with van der Waals surface area (Å²) in [5.41, 5.74) is 1.59. The molecular formula is C21H18N4O3S. The van der Waals surface area contributed by atoms with Crippen LogP contribution in [0.3, 0.4) is 0 Å². The molecule has 1 N–H and O–H groups in total. The van der Waals surface area contributed by atoms with Gasteiger partial charge < -0.3 is 0 Å². The highest BCUT2D eigenvalue weighted by atomic mass is 32.1. The third-order valence-corrected chi connectivity index (χ3v) is 5.23. The molecule has 0 spiro atoms. The largest absolute Gasteiger partial charge is 0.298 e. The molecule has 1 aliphatic rings. The second kappa shape index (κ2) is 6.89. The number of hydrogen-bond donors (Lipinski definition) is 1. The van der Waals surface area contributed by atoms with Crippen LogP contribution in [0.15, 0.2) is 48.0 Å². The fourth-order valence-corrected chi connectivity index (χ4v) is 3.82. The molecule has 3 aromatic rings. The maximum atomic E-state index is 12.7. The topological polar surface area (TPSA) is 92.3 Å². The molecule has 7 nitrogen and oxygen atoms in total. The van der Waals surface area contributed by atoms with Crippen molar-refractivity contribution >= 4 is 34.2 Å².